The Kier molecular flexibility index (Phi) is 3.61. The maximum absolute atomic E-state index is 9.35. The first-order chi connectivity index (χ1) is 9.88. The van der Waals surface area contributed by atoms with E-state index in [9.17, 15) is 5.11 Å². The van der Waals surface area contributed by atoms with E-state index >= 15 is 0 Å². The van der Waals surface area contributed by atoms with Gasteiger partial charge in [0.15, 0.2) is 0 Å². The standard InChI is InChI=1S/C17H15NO2/c19-11-14-10-18-17(16-9-5-4-8-15(14)16)20-12-13-6-2-1-3-7-13/h1-10,19H,11-12H2. The number of hydrogen-bond donors (Lipinski definition) is 1. The van der Waals surface area contributed by atoms with E-state index in [4.69, 9.17) is 4.74 Å². The predicted octanol–water partition coefficient (Wildman–Crippen LogP) is 3.31. The van der Waals surface area contributed by atoms with Crippen molar-refractivity contribution in [1.82, 2.24) is 4.98 Å². The minimum atomic E-state index is -0.0214. The summed E-state index contributed by atoms with van der Waals surface area (Å²) in [7, 11) is 0. The van der Waals surface area contributed by atoms with Crippen LogP contribution in [0.5, 0.6) is 5.88 Å². The lowest BCUT2D eigenvalue weighted by atomic mass is 10.1. The topological polar surface area (TPSA) is 42.4 Å². The van der Waals surface area contributed by atoms with Crippen LogP contribution in [0.2, 0.25) is 0 Å². The fourth-order valence-corrected chi connectivity index (χ4v) is 2.19. The number of pyridine rings is 1. The van der Waals surface area contributed by atoms with E-state index in [0.29, 0.717) is 12.5 Å². The molecule has 3 aromatic rings. The van der Waals surface area contributed by atoms with E-state index in [1.165, 1.54) is 0 Å². The van der Waals surface area contributed by atoms with Gasteiger partial charge in [-0.15, -0.1) is 0 Å². The highest BCUT2D eigenvalue weighted by Crippen LogP contribution is 2.26. The molecule has 3 nitrogen and oxygen atoms in total. The zero-order chi connectivity index (χ0) is 13.8. The highest BCUT2D eigenvalue weighted by molar-refractivity contribution is 5.89. The Labute approximate surface area is 117 Å². The van der Waals surface area contributed by atoms with Crippen LogP contribution in [0, 0.1) is 0 Å². The van der Waals surface area contributed by atoms with Crippen molar-refractivity contribution in [2.75, 3.05) is 0 Å². The second kappa shape index (κ2) is 5.72. The molecule has 1 heterocycles. The molecule has 1 aromatic heterocycles. The van der Waals surface area contributed by atoms with Gasteiger partial charge in [0.25, 0.3) is 0 Å². The van der Waals surface area contributed by atoms with Gasteiger partial charge >= 0.3 is 0 Å². The predicted molar refractivity (Wildman–Crippen MR) is 78.4 cm³/mol. The van der Waals surface area contributed by atoms with Gasteiger partial charge in [0.1, 0.15) is 6.61 Å². The maximum Gasteiger partial charge on any atom is 0.221 e. The van der Waals surface area contributed by atoms with Gasteiger partial charge in [-0.05, 0) is 17.0 Å². The molecular weight excluding hydrogens is 250 g/mol. The van der Waals surface area contributed by atoms with E-state index in [1.54, 1.807) is 6.20 Å². The largest absolute Gasteiger partial charge is 0.472 e. The summed E-state index contributed by atoms with van der Waals surface area (Å²) in [5.74, 6) is 0.599. The van der Waals surface area contributed by atoms with Gasteiger partial charge in [0, 0.05) is 17.1 Å². The quantitative estimate of drug-likeness (QED) is 0.787. The molecule has 0 saturated heterocycles. The second-order valence-corrected chi connectivity index (χ2v) is 4.57. The number of hydrogen-bond acceptors (Lipinski definition) is 3. The van der Waals surface area contributed by atoms with Crippen LogP contribution < -0.4 is 4.74 Å². The molecule has 0 bridgehead atoms. The van der Waals surface area contributed by atoms with Gasteiger partial charge in [0.05, 0.1) is 6.61 Å². The molecule has 2 aromatic carbocycles. The summed E-state index contributed by atoms with van der Waals surface area (Å²) in [4.78, 5) is 4.31. The summed E-state index contributed by atoms with van der Waals surface area (Å²) in [5.41, 5.74) is 1.91. The van der Waals surface area contributed by atoms with Crippen LogP contribution in [0.4, 0.5) is 0 Å². The number of fused-ring (bicyclic) bond motifs is 1. The summed E-state index contributed by atoms with van der Waals surface area (Å²) in [6.07, 6.45) is 1.67. The average molecular weight is 265 g/mol. The van der Waals surface area contributed by atoms with Crippen molar-refractivity contribution >= 4 is 10.8 Å². The lowest BCUT2D eigenvalue weighted by Gasteiger charge is -2.10. The SMILES string of the molecule is OCc1cnc(OCc2ccccc2)c2ccccc12. The van der Waals surface area contributed by atoms with Crippen molar-refractivity contribution in [3.8, 4) is 5.88 Å². The summed E-state index contributed by atoms with van der Waals surface area (Å²) in [6.45, 7) is 0.461. The first-order valence-corrected chi connectivity index (χ1v) is 6.52. The van der Waals surface area contributed by atoms with Crippen LogP contribution in [0.1, 0.15) is 11.1 Å². The van der Waals surface area contributed by atoms with E-state index in [-0.39, 0.29) is 6.61 Å². The highest BCUT2D eigenvalue weighted by Gasteiger charge is 2.07. The molecule has 0 unspecified atom stereocenters. The van der Waals surface area contributed by atoms with E-state index in [0.717, 1.165) is 21.9 Å². The highest BCUT2D eigenvalue weighted by atomic mass is 16.5. The molecule has 0 aliphatic heterocycles. The maximum atomic E-state index is 9.35. The molecule has 0 atom stereocenters. The number of rotatable bonds is 4. The normalized spacial score (nSPS) is 10.7. The molecule has 0 radical (unpaired) electrons. The van der Waals surface area contributed by atoms with Crippen LogP contribution in [0.15, 0.2) is 60.8 Å². The summed E-state index contributed by atoms with van der Waals surface area (Å²) in [6, 6.07) is 17.8. The van der Waals surface area contributed by atoms with Crippen LogP contribution in [0.25, 0.3) is 10.8 Å². The van der Waals surface area contributed by atoms with Crippen LogP contribution >= 0.6 is 0 Å². The Bertz CT molecular complexity index is 711. The van der Waals surface area contributed by atoms with Crippen molar-refractivity contribution in [2.24, 2.45) is 0 Å². The van der Waals surface area contributed by atoms with Crippen LogP contribution in [-0.4, -0.2) is 10.1 Å². The molecule has 0 fully saturated rings. The molecule has 3 rings (SSSR count). The Morgan fingerprint density at radius 2 is 1.60 bits per heavy atom. The second-order valence-electron chi connectivity index (χ2n) is 4.57. The van der Waals surface area contributed by atoms with Crippen molar-refractivity contribution in [3.05, 3.63) is 71.9 Å². The molecule has 0 aliphatic carbocycles. The van der Waals surface area contributed by atoms with Gasteiger partial charge in [-0.1, -0.05) is 48.5 Å². The molecule has 0 spiro atoms. The van der Waals surface area contributed by atoms with Crippen molar-refractivity contribution in [3.63, 3.8) is 0 Å². The van der Waals surface area contributed by atoms with Crippen molar-refractivity contribution in [1.29, 1.82) is 0 Å². The lowest BCUT2D eigenvalue weighted by molar-refractivity contribution is 0.280. The third-order valence-corrected chi connectivity index (χ3v) is 3.23. The number of nitrogens with zero attached hydrogens (tertiary/aromatic N) is 1. The summed E-state index contributed by atoms with van der Waals surface area (Å²) >= 11 is 0. The number of aromatic nitrogens is 1. The number of aliphatic hydroxyl groups is 1. The number of ether oxygens (including phenoxy) is 1. The Morgan fingerprint density at radius 1 is 0.900 bits per heavy atom. The minimum Gasteiger partial charge on any atom is -0.472 e. The monoisotopic (exact) mass is 265 g/mol. The number of aliphatic hydroxyl groups excluding tert-OH is 1. The molecule has 3 heteroatoms. The van der Waals surface area contributed by atoms with Crippen molar-refractivity contribution < 1.29 is 9.84 Å². The summed E-state index contributed by atoms with van der Waals surface area (Å²) < 4.78 is 5.81. The van der Waals surface area contributed by atoms with E-state index in [2.05, 4.69) is 4.98 Å². The molecule has 0 amide bonds. The third kappa shape index (κ3) is 2.49. The zero-order valence-corrected chi connectivity index (χ0v) is 11.0. The molecule has 0 saturated carbocycles. The van der Waals surface area contributed by atoms with Gasteiger partial charge in [-0.3, -0.25) is 0 Å². The van der Waals surface area contributed by atoms with Gasteiger partial charge in [0.2, 0.25) is 5.88 Å². The zero-order valence-electron chi connectivity index (χ0n) is 11.0. The fourth-order valence-electron chi connectivity index (χ4n) is 2.19. The molecule has 20 heavy (non-hydrogen) atoms. The molecule has 100 valence electrons. The first kappa shape index (κ1) is 12.6. The van der Waals surface area contributed by atoms with Crippen LogP contribution in [0.3, 0.4) is 0 Å². The number of benzene rings is 2. The fraction of sp³-hybridized carbons (Fsp3) is 0.118. The molecule has 0 aliphatic rings. The molecule has 1 N–H and O–H groups in total. The van der Waals surface area contributed by atoms with E-state index < -0.39 is 0 Å². The summed E-state index contributed by atoms with van der Waals surface area (Å²) in [5, 5.41) is 11.3. The Hall–Kier alpha value is -2.39. The Balaban J connectivity index is 1.92. The Morgan fingerprint density at radius 3 is 2.35 bits per heavy atom. The van der Waals surface area contributed by atoms with Crippen molar-refractivity contribution in [2.45, 2.75) is 13.2 Å². The first-order valence-electron chi connectivity index (χ1n) is 6.52. The van der Waals surface area contributed by atoms with Gasteiger partial charge < -0.3 is 9.84 Å². The lowest BCUT2D eigenvalue weighted by Crippen LogP contribution is -1.99. The third-order valence-electron chi connectivity index (χ3n) is 3.23. The molecular formula is C17H15NO2. The average Bonchev–Trinajstić information content (AvgIpc) is 2.53. The van der Waals surface area contributed by atoms with Gasteiger partial charge in [-0.2, -0.15) is 0 Å². The smallest absolute Gasteiger partial charge is 0.221 e. The van der Waals surface area contributed by atoms with E-state index in [1.807, 2.05) is 54.6 Å². The van der Waals surface area contributed by atoms with Crippen LogP contribution in [-0.2, 0) is 13.2 Å². The van der Waals surface area contributed by atoms with Gasteiger partial charge in [-0.25, -0.2) is 4.98 Å². The minimum absolute atomic E-state index is 0.0214.